The molecule has 0 heterocycles. The SMILES string of the molecule is CN=C(NCC(C)(C)c1cccc(C)c1)NC(C)C. The summed E-state index contributed by atoms with van der Waals surface area (Å²) >= 11 is 0. The first kappa shape index (κ1) is 15.5. The highest BCUT2D eigenvalue weighted by atomic mass is 15.2. The fraction of sp³-hybridized carbons (Fsp3) is 0.562. The summed E-state index contributed by atoms with van der Waals surface area (Å²) in [7, 11) is 1.80. The minimum Gasteiger partial charge on any atom is -0.356 e. The third-order valence-electron chi connectivity index (χ3n) is 3.15. The van der Waals surface area contributed by atoms with E-state index in [1.54, 1.807) is 7.05 Å². The molecule has 106 valence electrons. The molecule has 3 nitrogen and oxygen atoms in total. The Morgan fingerprint density at radius 3 is 2.53 bits per heavy atom. The zero-order chi connectivity index (χ0) is 14.5. The van der Waals surface area contributed by atoms with Crippen LogP contribution in [0.4, 0.5) is 0 Å². The van der Waals surface area contributed by atoms with Crippen molar-refractivity contribution < 1.29 is 0 Å². The predicted octanol–water partition coefficient (Wildman–Crippen LogP) is 2.85. The van der Waals surface area contributed by atoms with Gasteiger partial charge >= 0.3 is 0 Å². The number of nitrogens with one attached hydrogen (secondary N) is 2. The van der Waals surface area contributed by atoms with E-state index in [1.165, 1.54) is 11.1 Å². The summed E-state index contributed by atoms with van der Waals surface area (Å²) in [6.45, 7) is 11.7. The third kappa shape index (κ3) is 4.93. The summed E-state index contributed by atoms with van der Waals surface area (Å²) in [5.74, 6) is 0.857. The molecule has 1 aromatic carbocycles. The molecule has 0 aliphatic carbocycles. The highest BCUT2D eigenvalue weighted by molar-refractivity contribution is 5.80. The Hall–Kier alpha value is -1.51. The van der Waals surface area contributed by atoms with Gasteiger partial charge in [-0.1, -0.05) is 43.7 Å². The fourth-order valence-corrected chi connectivity index (χ4v) is 1.94. The molecule has 0 spiro atoms. The monoisotopic (exact) mass is 261 g/mol. The Morgan fingerprint density at radius 2 is 2.00 bits per heavy atom. The molecule has 0 unspecified atom stereocenters. The van der Waals surface area contributed by atoms with E-state index in [2.05, 4.69) is 74.5 Å². The van der Waals surface area contributed by atoms with E-state index < -0.39 is 0 Å². The van der Waals surface area contributed by atoms with Crippen molar-refractivity contribution in [3.63, 3.8) is 0 Å². The summed E-state index contributed by atoms with van der Waals surface area (Å²) in [6, 6.07) is 9.07. The van der Waals surface area contributed by atoms with Crippen LogP contribution in [0.2, 0.25) is 0 Å². The third-order valence-corrected chi connectivity index (χ3v) is 3.15. The predicted molar refractivity (Wildman–Crippen MR) is 83.8 cm³/mol. The molecule has 1 aromatic rings. The van der Waals surface area contributed by atoms with Crippen LogP contribution in [0.25, 0.3) is 0 Å². The molecule has 0 saturated carbocycles. The van der Waals surface area contributed by atoms with E-state index in [1.807, 2.05) is 0 Å². The van der Waals surface area contributed by atoms with E-state index >= 15 is 0 Å². The average molecular weight is 261 g/mol. The molecule has 0 aliphatic rings. The van der Waals surface area contributed by atoms with E-state index in [4.69, 9.17) is 0 Å². The van der Waals surface area contributed by atoms with Crippen molar-refractivity contribution in [3.8, 4) is 0 Å². The Labute approximate surface area is 117 Å². The molecule has 0 aliphatic heterocycles. The van der Waals surface area contributed by atoms with Gasteiger partial charge in [-0.25, -0.2) is 0 Å². The first-order valence-corrected chi connectivity index (χ1v) is 6.89. The van der Waals surface area contributed by atoms with Gasteiger partial charge in [-0.3, -0.25) is 4.99 Å². The van der Waals surface area contributed by atoms with E-state index in [9.17, 15) is 0 Å². The number of hydrogen-bond acceptors (Lipinski definition) is 1. The first-order chi connectivity index (χ1) is 8.85. The zero-order valence-corrected chi connectivity index (χ0v) is 13.0. The lowest BCUT2D eigenvalue weighted by Crippen LogP contribution is -2.45. The lowest BCUT2D eigenvalue weighted by atomic mass is 9.84. The highest BCUT2D eigenvalue weighted by Crippen LogP contribution is 2.22. The number of nitrogens with zero attached hydrogens (tertiary/aromatic N) is 1. The van der Waals surface area contributed by atoms with Crippen LogP contribution >= 0.6 is 0 Å². The van der Waals surface area contributed by atoms with Gasteiger partial charge in [0.2, 0.25) is 0 Å². The first-order valence-electron chi connectivity index (χ1n) is 6.89. The van der Waals surface area contributed by atoms with Crippen LogP contribution in [0.15, 0.2) is 29.3 Å². The zero-order valence-electron chi connectivity index (χ0n) is 13.0. The number of guanidine groups is 1. The molecule has 2 N–H and O–H groups in total. The number of aryl methyl sites for hydroxylation is 1. The normalized spacial score (nSPS) is 12.7. The molecule has 19 heavy (non-hydrogen) atoms. The lowest BCUT2D eigenvalue weighted by molar-refractivity contribution is 0.506. The van der Waals surface area contributed by atoms with Crippen LogP contribution in [-0.2, 0) is 5.41 Å². The molecule has 0 atom stereocenters. The number of aliphatic imine (C=N–C) groups is 1. The molecular formula is C16H27N3. The van der Waals surface area contributed by atoms with Crippen molar-refractivity contribution in [1.29, 1.82) is 0 Å². The second kappa shape index (κ2) is 6.60. The van der Waals surface area contributed by atoms with Crippen molar-refractivity contribution in [3.05, 3.63) is 35.4 Å². The maximum Gasteiger partial charge on any atom is 0.191 e. The highest BCUT2D eigenvalue weighted by Gasteiger charge is 2.21. The van der Waals surface area contributed by atoms with E-state index in [0.29, 0.717) is 6.04 Å². The van der Waals surface area contributed by atoms with Gasteiger partial charge in [-0.05, 0) is 26.3 Å². The Balaban J connectivity index is 2.69. The average Bonchev–Trinajstić information content (AvgIpc) is 2.34. The molecule has 0 radical (unpaired) electrons. The summed E-state index contributed by atoms with van der Waals surface area (Å²) in [5, 5.41) is 6.70. The summed E-state index contributed by atoms with van der Waals surface area (Å²) in [6.07, 6.45) is 0. The summed E-state index contributed by atoms with van der Waals surface area (Å²) in [5.41, 5.74) is 2.72. The lowest BCUT2D eigenvalue weighted by Gasteiger charge is -2.27. The molecular weight excluding hydrogens is 234 g/mol. The minimum absolute atomic E-state index is 0.0701. The Kier molecular flexibility index (Phi) is 5.40. The maximum atomic E-state index is 4.24. The molecule has 0 amide bonds. The standard InChI is InChI=1S/C16H27N3/c1-12(2)19-15(17-6)18-11-16(4,5)14-9-7-8-13(3)10-14/h7-10,12H,11H2,1-6H3,(H2,17,18,19). The fourth-order valence-electron chi connectivity index (χ4n) is 1.94. The van der Waals surface area contributed by atoms with Gasteiger partial charge in [0.15, 0.2) is 5.96 Å². The van der Waals surface area contributed by atoms with E-state index in [0.717, 1.165) is 12.5 Å². The van der Waals surface area contributed by atoms with Crippen LogP contribution in [0.1, 0.15) is 38.8 Å². The molecule has 0 bridgehead atoms. The number of rotatable bonds is 4. The minimum atomic E-state index is 0.0701. The van der Waals surface area contributed by atoms with Gasteiger partial charge in [-0.2, -0.15) is 0 Å². The van der Waals surface area contributed by atoms with Crippen LogP contribution in [0.5, 0.6) is 0 Å². The molecule has 0 aromatic heterocycles. The van der Waals surface area contributed by atoms with Gasteiger partial charge < -0.3 is 10.6 Å². The van der Waals surface area contributed by atoms with Gasteiger partial charge in [0, 0.05) is 25.0 Å². The van der Waals surface area contributed by atoms with Crippen molar-refractivity contribution >= 4 is 5.96 Å². The second-order valence-corrected chi connectivity index (χ2v) is 5.98. The topological polar surface area (TPSA) is 36.4 Å². The summed E-state index contributed by atoms with van der Waals surface area (Å²) in [4.78, 5) is 4.24. The van der Waals surface area contributed by atoms with Gasteiger partial charge in [0.05, 0.1) is 0 Å². The van der Waals surface area contributed by atoms with Crippen LogP contribution < -0.4 is 10.6 Å². The molecule has 1 rings (SSSR count). The number of benzene rings is 1. The Bertz CT molecular complexity index is 433. The van der Waals surface area contributed by atoms with Crippen molar-refractivity contribution in [2.24, 2.45) is 4.99 Å². The molecule has 0 fully saturated rings. The maximum absolute atomic E-state index is 4.24. The Morgan fingerprint density at radius 1 is 1.32 bits per heavy atom. The molecule has 3 heteroatoms. The largest absolute Gasteiger partial charge is 0.356 e. The van der Waals surface area contributed by atoms with Crippen molar-refractivity contribution in [1.82, 2.24) is 10.6 Å². The molecule has 0 saturated heterocycles. The van der Waals surface area contributed by atoms with E-state index in [-0.39, 0.29) is 5.41 Å². The van der Waals surface area contributed by atoms with Crippen LogP contribution in [0.3, 0.4) is 0 Å². The summed E-state index contributed by atoms with van der Waals surface area (Å²) < 4.78 is 0. The van der Waals surface area contributed by atoms with Gasteiger partial charge in [0.25, 0.3) is 0 Å². The number of hydrogen-bond donors (Lipinski definition) is 2. The van der Waals surface area contributed by atoms with Crippen molar-refractivity contribution in [2.75, 3.05) is 13.6 Å². The van der Waals surface area contributed by atoms with Gasteiger partial charge in [-0.15, -0.1) is 0 Å². The smallest absolute Gasteiger partial charge is 0.191 e. The quantitative estimate of drug-likeness (QED) is 0.646. The van der Waals surface area contributed by atoms with Crippen molar-refractivity contribution in [2.45, 2.75) is 46.1 Å². The van der Waals surface area contributed by atoms with Crippen LogP contribution in [-0.4, -0.2) is 25.6 Å². The van der Waals surface area contributed by atoms with Gasteiger partial charge in [0.1, 0.15) is 0 Å². The second-order valence-electron chi connectivity index (χ2n) is 5.98. The van der Waals surface area contributed by atoms with Crippen LogP contribution in [0, 0.1) is 6.92 Å².